The van der Waals surface area contributed by atoms with Gasteiger partial charge in [0.2, 0.25) is 10.0 Å². The number of hydrogen-bond acceptors (Lipinski definition) is 5. The molecular formula is C19H17N5O3S. The van der Waals surface area contributed by atoms with Crippen LogP contribution in [0.2, 0.25) is 0 Å². The number of nitriles is 1. The normalized spacial score (nSPS) is 15.5. The van der Waals surface area contributed by atoms with E-state index in [1.54, 1.807) is 4.90 Å². The Morgan fingerprint density at radius 1 is 1.04 bits per heavy atom. The Morgan fingerprint density at radius 2 is 1.71 bits per heavy atom. The number of aromatic amines is 1. The van der Waals surface area contributed by atoms with E-state index in [2.05, 4.69) is 10.2 Å². The number of nitrogens with zero attached hydrogens (tertiary/aromatic N) is 4. The Labute approximate surface area is 162 Å². The van der Waals surface area contributed by atoms with Crippen molar-refractivity contribution in [3.63, 3.8) is 0 Å². The first-order valence-corrected chi connectivity index (χ1v) is 10.2. The second kappa shape index (κ2) is 7.07. The fraction of sp³-hybridized carbons (Fsp3) is 0.211. The zero-order valence-electron chi connectivity index (χ0n) is 14.9. The summed E-state index contributed by atoms with van der Waals surface area (Å²) < 4.78 is 26.9. The highest BCUT2D eigenvalue weighted by atomic mass is 32.2. The van der Waals surface area contributed by atoms with Crippen LogP contribution < -0.4 is 0 Å². The van der Waals surface area contributed by atoms with Gasteiger partial charge in [-0.05, 0) is 30.3 Å². The first-order valence-electron chi connectivity index (χ1n) is 8.73. The molecule has 2 aromatic carbocycles. The number of carbonyl (C=O) groups excluding carboxylic acids is 1. The SMILES string of the molecule is N#Cc1ccc(S(=O)(=O)N2CCN(C(=O)c3n[nH]c4ccccc34)CC2)cc1. The molecule has 1 aliphatic rings. The molecule has 28 heavy (non-hydrogen) atoms. The minimum Gasteiger partial charge on any atom is -0.335 e. The topological polar surface area (TPSA) is 110 Å². The summed E-state index contributed by atoms with van der Waals surface area (Å²) in [7, 11) is -3.66. The predicted molar refractivity (Wildman–Crippen MR) is 102 cm³/mol. The van der Waals surface area contributed by atoms with Gasteiger partial charge in [-0.3, -0.25) is 9.89 Å². The molecule has 1 saturated heterocycles. The summed E-state index contributed by atoms with van der Waals surface area (Å²) in [5.41, 5.74) is 1.53. The first kappa shape index (κ1) is 18.2. The molecule has 0 atom stereocenters. The average Bonchev–Trinajstić information content (AvgIpc) is 3.17. The fourth-order valence-electron chi connectivity index (χ4n) is 3.26. The van der Waals surface area contributed by atoms with E-state index in [4.69, 9.17) is 5.26 Å². The lowest BCUT2D eigenvalue weighted by Crippen LogP contribution is -2.50. The number of fused-ring (bicyclic) bond motifs is 1. The van der Waals surface area contributed by atoms with Gasteiger partial charge in [-0.1, -0.05) is 18.2 Å². The van der Waals surface area contributed by atoms with Crippen LogP contribution >= 0.6 is 0 Å². The van der Waals surface area contributed by atoms with Crippen LogP contribution in [0.5, 0.6) is 0 Å². The zero-order chi connectivity index (χ0) is 19.7. The van der Waals surface area contributed by atoms with Crippen molar-refractivity contribution >= 4 is 26.8 Å². The van der Waals surface area contributed by atoms with E-state index in [0.717, 1.165) is 10.9 Å². The second-order valence-corrected chi connectivity index (χ2v) is 8.39. The summed E-state index contributed by atoms with van der Waals surface area (Å²) in [4.78, 5) is 14.6. The lowest BCUT2D eigenvalue weighted by Gasteiger charge is -2.33. The number of benzene rings is 2. The van der Waals surface area contributed by atoms with Crippen LogP contribution in [0, 0.1) is 11.3 Å². The molecule has 4 rings (SSSR count). The second-order valence-electron chi connectivity index (χ2n) is 6.45. The molecule has 1 aliphatic heterocycles. The van der Waals surface area contributed by atoms with Crippen LogP contribution in [0.25, 0.3) is 10.9 Å². The van der Waals surface area contributed by atoms with Crippen molar-refractivity contribution in [1.29, 1.82) is 5.26 Å². The van der Waals surface area contributed by atoms with Crippen molar-refractivity contribution in [2.75, 3.05) is 26.2 Å². The van der Waals surface area contributed by atoms with E-state index < -0.39 is 10.0 Å². The summed E-state index contributed by atoms with van der Waals surface area (Å²) in [5.74, 6) is -0.215. The number of rotatable bonds is 3. The number of para-hydroxylation sites is 1. The molecular weight excluding hydrogens is 378 g/mol. The van der Waals surface area contributed by atoms with Gasteiger partial charge in [-0.15, -0.1) is 0 Å². The number of piperazine rings is 1. The standard InChI is InChI=1S/C19H17N5O3S/c20-13-14-5-7-15(8-6-14)28(26,27)24-11-9-23(10-12-24)19(25)18-16-3-1-2-4-17(16)21-22-18/h1-8H,9-12H2,(H,21,22). The van der Waals surface area contributed by atoms with Crippen LogP contribution in [-0.4, -0.2) is 59.9 Å². The van der Waals surface area contributed by atoms with Gasteiger partial charge in [0, 0.05) is 31.6 Å². The molecule has 3 aromatic rings. The van der Waals surface area contributed by atoms with Gasteiger partial charge in [0.15, 0.2) is 5.69 Å². The van der Waals surface area contributed by atoms with E-state index in [0.29, 0.717) is 11.3 Å². The van der Waals surface area contributed by atoms with E-state index >= 15 is 0 Å². The van der Waals surface area contributed by atoms with Gasteiger partial charge >= 0.3 is 0 Å². The highest BCUT2D eigenvalue weighted by molar-refractivity contribution is 7.89. The van der Waals surface area contributed by atoms with Crippen molar-refractivity contribution < 1.29 is 13.2 Å². The number of amides is 1. The van der Waals surface area contributed by atoms with Crippen LogP contribution in [0.15, 0.2) is 53.4 Å². The predicted octanol–water partition coefficient (Wildman–Crippen LogP) is 1.58. The molecule has 0 unspecified atom stereocenters. The Hall–Kier alpha value is -3.22. The Bertz CT molecular complexity index is 1170. The molecule has 0 radical (unpaired) electrons. The highest BCUT2D eigenvalue weighted by Gasteiger charge is 2.31. The third-order valence-corrected chi connectivity index (χ3v) is 6.73. The highest BCUT2D eigenvalue weighted by Crippen LogP contribution is 2.21. The molecule has 1 fully saturated rings. The molecule has 0 bridgehead atoms. The fourth-order valence-corrected chi connectivity index (χ4v) is 4.68. The molecule has 0 spiro atoms. The molecule has 1 N–H and O–H groups in total. The molecule has 0 saturated carbocycles. The summed E-state index contributed by atoms with van der Waals surface area (Å²) in [6, 6.07) is 15.2. The number of aromatic nitrogens is 2. The number of carbonyl (C=O) groups is 1. The smallest absolute Gasteiger partial charge is 0.275 e. The van der Waals surface area contributed by atoms with Crippen molar-refractivity contribution in [1.82, 2.24) is 19.4 Å². The Balaban J connectivity index is 1.48. The van der Waals surface area contributed by atoms with Gasteiger partial charge in [0.1, 0.15) is 0 Å². The van der Waals surface area contributed by atoms with Crippen molar-refractivity contribution in [2.45, 2.75) is 4.90 Å². The summed E-state index contributed by atoms with van der Waals surface area (Å²) in [6.07, 6.45) is 0. The molecule has 1 aromatic heterocycles. The maximum absolute atomic E-state index is 12.8. The maximum atomic E-state index is 12.8. The van der Waals surface area contributed by atoms with Crippen LogP contribution in [0.4, 0.5) is 0 Å². The first-order chi connectivity index (χ1) is 13.5. The number of sulfonamides is 1. The van der Waals surface area contributed by atoms with Crippen molar-refractivity contribution in [2.24, 2.45) is 0 Å². The molecule has 142 valence electrons. The molecule has 1 amide bonds. The van der Waals surface area contributed by atoms with Gasteiger partial charge < -0.3 is 4.90 Å². The largest absolute Gasteiger partial charge is 0.335 e. The van der Waals surface area contributed by atoms with Gasteiger partial charge in [0.25, 0.3) is 5.91 Å². The lowest BCUT2D eigenvalue weighted by molar-refractivity contribution is 0.0694. The molecule has 9 heteroatoms. The van der Waals surface area contributed by atoms with E-state index in [9.17, 15) is 13.2 Å². The van der Waals surface area contributed by atoms with Gasteiger partial charge in [-0.25, -0.2) is 8.42 Å². The monoisotopic (exact) mass is 395 g/mol. The number of hydrogen-bond donors (Lipinski definition) is 1. The molecule has 0 aliphatic carbocycles. The summed E-state index contributed by atoms with van der Waals surface area (Å²) in [6.45, 7) is 0.984. The van der Waals surface area contributed by atoms with Crippen molar-refractivity contribution in [3.8, 4) is 6.07 Å². The van der Waals surface area contributed by atoms with Crippen LogP contribution in [0.3, 0.4) is 0 Å². The number of nitrogens with one attached hydrogen (secondary N) is 1. The van der Waals surface area contributed by atoms with Crippen LogP contribution in [0.1, 0.15) is 16.1 Å². The van der Waals surface area contributed by atoms with Crippen molar-refractivity contribution in [3.05, 3.63) is 59.8 Å². The zero-order valence-corrected chi connectivity index (χ0v) is 15.7. The lowest BCUT2D eigenvalue weighted by atomic mass is 10.2. The van der Waals surface area contributed by atoms with Crippen LogP contribution in [-0.2, 0) is 10.0 Å². The quantitative estimate of drug-likeness (QED) is 0.724. The number of H-pyrrole nitrogens is 1. The molecule has 2 heterocycles. The average molecular weight is 395 g/mol. The van der Waals surface area contributed by atoms with Gasteiger partial charge in [-0.2, -0.15) is 14.7 Å². The van der Waals surface area contributed by atoms with Gasteiger partial charge in [0.05, 0.1) is 22.0 Å². The minimum absolute atomic E-state index is 0.143. The summed E-state index contributed by atoms with van der Waals surface area (Å²) in [5, 5.41) is 16.6. The molecule has 8 nitrogen and oxygen atoms in total. The third-order valence-electron chi connectivity index (χ3n) is 4.82. The van der Waals surface area contributed by atoms with E-state index in [-0.39, 0.29) is 37.0 Å². The third kappa shape index (κ3) is 3.13. The maximum Gasteiger partial charge on any atom is 0.275 e. The Morgan fingerprint density at radius 3 is 2.39 bits per heavy atom. The van der Waals surface area contributed by atoms with E-state index in [1.807, 2.05) is 30.3 Å². The van der Waals surface area contributed by atoms with E-state index in [1.165, 1.54) is 28.6 Å². The summed E-state index contributed by atoms with van der Waals surface area (Å²) >= 11 is 0. The Kier molecular flexibility index (Phi) is 4.58. The minimum atomic E-state index is -3.66.